The van der Waals surface area contributed by atoms with Crippen molar-refractivity contribution in [2.24, 2.45) is 5.73 Å². The van der Waals surface area contributed by atoms with Crippen molar-refractivity contribution in [2.75, 3.05) is 0 Å². The number of aromatic nitrogens is 1. The van der Waals surface area contributed by atoms with Gasteiger partial charge in [-0.2, -0.15) is 0 Å². The summed E-state index contributed by atoms with van der Waals surface area (Å²) in [5.74, 6) is 1.94. The van der Waals surface area contributed by atoms with E-state index in [-0.39, 0.29) is 24.4 Å². The maximum Gasteiger partial charge on any atom is 0.487 e. The normalized spacial score (nSPS) is 21.9. The summed E-state index contributed by atoms with van der Waals surface area (Å²) >= 11 is 0. The summed E-state index contributed by atoms with van der Waals surface area (Å²) in [4.78, 5) is 4.16. The summed E-state index contributed by atoms with van der Waals surface area (Å²) in [6.07, 6.45) is 6.49. The Balaban J connectivity index is 2.17. The van der Waals surface area contributed by atoms with Crippen LogP contribution in [0.3, 0.4) is 0 Å². The van der Waals surface area contributed by atoms with E-state index in [9.17, 15) is 0 Å². The SMILES string of the molecule is CC[C@@H](N)c1cnccc1/C=C/B1OC(C)(C)C(C)(C)O1. The van der Waals surface area contributed by atoms with Crippen molar-refractivity contribution in [3.05, 3.63) is 35.6 Å². The maximum absolute atomic E-state index is 6.13. The van der Waals surface area contributed by atoms with E-state index in [4.69, 9.17) is 15.0 Å². The number of rotatable bonds is 4. The minimum absolute atomic E-state index is 0.00310. The second kappa shape index (κ2) is 5.91. The molecule has 0 spiro atoms. The summed E-state index contributed by atoms with van der Waals surface area (Å²) in [6.45, 7) is 10.3. The van der Waals surface area contributed by atoms with Crippen LogP contribution in [0.4, 0.5) is 0 Å². The molecule has 0 amide bonds. The first-order chi connectivity index (χ1) is 9.77. The van der Waals surface area contributed by atoms with Gasteiger partial charge in [0.25, 0.3) is 0 Å². The lowest BCUT2D eigenvalue weighted by Crippen LogP contribution is -2.41. The molecule has 0 aliphatic carbocycles. The second-order valence-electron chi connectivity index (χ2n) is 6.50. The van der Waals surface area contributed by atoms with Crippen LogP contribution in [0.25, 0.3) is 6.08 Å². The zero-order valence-corrected chi connectivity index (χ0v) is 13.6. The van der Waals surface area contributed by atoms with Crippen molar-refractivity contribution >= 4 is 13.2 Å². The van der Waals surface area contributed by atoms with Crippen LogP contribution in [-0.4, -0.2) is 23.3 Å². The molecule has 2 heterocycles. The van der Waals surface area contributed by atoms with Crippen molar-refractivity contribution in [3.63, 3.8) is 0 Å². The summed E-state index contributed by atoms with van der Waals surface area (Å²) in [6, 6.07) is 1.96. The van der Waals surface area contributed by atoms with E-state index in [0.717, 1.165) is 17.5 Å². The number of nitrogens with zero attached hydrogens (tertiary/aromatic N) is 1. The molecule has 5 heteroatoms. The molecular weight excluding hydrogens is 263 g/mol. The van der Waals surface area contributed by atoms with Crippen molar-refractivity contribution in [1.82, 2.24) is 4.98 Å². The molecule has 0 bridgehead atoms. The van der Waals surface area contributed by atoms with Crippen molar-refractivity contribution < 1.29 is 9.31 Å². The monoisotopic (exact) mass is 288 g/mol. The zero-order valence-electron chi connectivity index (χ0n) is 13.6. The van der Waals surface area contributed by atoms with Gasteiger partial charge in [-0.05, 0) is 51.3 Å². The Bertz CT molecular complexity index is 513. The van der Waals surface area contributed by atoms with E-state index in [1.807, 2.05) is 52.0 Å². The standard InChI is InChI=1S/C16H25BN2O2/c1-6-14(18)13-11-19-10-8-12(13)7-9-17-20-15(2,3)16(4,5)21-17/h7-11,14H,6,18H2,1-5H3/b9-7+/t14-/m1/s1. The number of pyridine rings is 1. The highest BCUT2D eigenvalue weighted by atomic mass is 16.7. The lowest BCUT2D eigenvalue weighted by molar-refractivity contribution is 0.00578. The molecule has 4 nitrogen and oxygen atoms in total. The Morgan fingerprint density at radius 3 is 2.48 bits per heavy atom. The molecule has 1 aromatic rings. The van der Waals surface area contributed by atoms with Gasteiger partial charge in [-0.1, -0.05) is 19.0 Å². The Morgan fingerprint density at radius 1 is 1.29 bits per heavy atom. The Morgan fingerprint density at radius 2 is 1.90 bits per heavy atom. The molecule has 0 aromatic carbocycles. The van der Waals surface area contributed by atoms with E-state index in [0.29, 0.717) is 0 Å². The zero-order chi connectivity index (χ0) is 15.7. The van der Waals surface area contributed by atoms with Gasteiger partial charge in [0, 0.05) is 18.4 Å². The molecule has 2 N–H and O–H groups in total. The van der Waals surface area contributed by atoms with Crippen LogP contribution in [-0.2, 0) is 9.31 Å². The van der Waals surface area contributed by atoms with Crippen LogP contribution in [0.15, 0.2) is 24.4 Å². The molecule has 1 aromatic heterocycles. The molecule has 0 radical (unpaired) electrons. The summed E-state index contributed by atoms with van der Waals surface area (Å²) in [5, 5.41) is 0. The molecule has 1 aliphatic rings. The third-order valence-electron chi connectivity index (χ3n) is 4.43. The first-order valence-corrected chi connectivity index (χ1v) is 7.50. The largest absolute Gasteiger partial charge is 0.487 e. The van der Waals surface area contributed by atoms with Crippen LogP contribution in [0.2, 0.25) is 0 Å². The van der Waals surface area contributed by atoms with Crippen LogP contribution in [0, 0.1) is 0 Å². The van der Waals surface area contributed by atoms with Gasteiger partial charge in [0.2, 0.25) is 0 Å². The molecule has 1 fully saturated rings. The lowest BCUT2D eigenvalue weighted by atomic mass is 9.88. The molecular formula is C16H25BN2O2. The van der Waals surface area contributed by atoms with Gasteiger partial charge in [-0.25, -0.2) is 0 Å². The number of hydrogen-bond acceptors (Lipinski definition) is 4. The third kappa shape index (κ3) is 3.36. The number of nitrogens with two attached hydrogens (primary N) is 1. The van der Waals surface area contributed by atoms with Gasteiger partial charge in [0.15, 0.2) is 0 Å². The molecule has 0 saturated carbocycles. The molecule has 21 heavy (non-hydrogen) atoms. The first kappa shape index (κ1) is 16.2. The van der Waals surface area contributed by atoms with E-state index in [1.54, 1.807) is 6.20 Å². The first-order valence-electron chi connectivity index (χ1n) is 7.50. The highest BCUT2D eigenvalue weighted by Gasteiger charge is 2.49. The summed E-state index contributed by atoms with van der Waals surface area (Å²) < 4.78 is 11.9. The van der Waals surface area contributed by atoms with Crippen LogP contribution >= 0.6 is 0 Å². The van der Waals surface area contributed by atoms with Gasteiger partial charge in [0.1, 0.15) is 0 Å². The highest BCUT2D eigenvalue weighted by Crippen LogP contribution is 2.37. The minimum Gasteiger partial charge on any atom is -0.400 e. The summed E-state index contributed by atoms with van der Waals surface area (Å²) in [5.41, 5.74) is 7.61. The predicted octanol–water partition coefficient (Wildman–Crippen LogP) is 3.14. The van der Waals surface area contributed by atoms with Gasteiger partial charge in [-0.3, -0.25) is 4.98 Å². The average Bonchev–Trinajstić information content (AvgIpc) is 2.64. The van der Waals surface area contributed by atoms with Crippen LogP contribution in [0.5, 0.6) is 0 Å². The van der Waals surface area contributed by atoms with E-state index < -0.39 is 0 Å². The van der Waals surface area contributed by atoms with Crippen LogP contribution in [0.1, 0.15) is 58.2 Å². The molecule has 2 rings (SSSR count). The van der Waals surface area contributed by atoms with Crippen molar-refractivity contribution in [2.45, 2.75) is 58.3 Å². The van der Waals surface area contributed by atoms with Crippen LogP contribution < -0.4 is 5.73 Å². The average molecular weight is 288 g/mol. The highest BCUT2D eigenvalue weighted by molar-refractivity contribution is 6.52. The third-order valence-corrected chi connectivity index (χ3v) is 4.43. The van der Waals surface area contributed by atoms with Crippen molar-refractivity contribution in [1.29, 1.82) is 0 Å². The van der Waals surface area contributed by atoms with E-state index >= 15 is 0 Å². The molecule has 1 saturated heterocycles. The van der Waals surface area contributed by atoms with E-state index in [2.05, 4.69) is 11.9 Å². The molecule has 0 unspecified atom stereocenters. The van der Waals surface area contributed by atoms with Gasteiger partial charge < -0.3 is 15.0 Å². The van der Waals surface area contributed by atoms with E-state index in [1.165, 1.54) is 0 Å². The predicted molar refractivity (Wildman–Crippen MR) is 86.6 cm³/mol. The van der Waals surface area contributed by atoms with Crippen molar-refractivity contribution in [3.8, 4) is 0 Å². The van der Waals surface area contributed by atoms with Gasteiger partial charge >= 0.3 is 7.12 Å². The lowest BCUT2D eigenvalue weighted by Gasteiger charge is -2.32. The second-order valence-corrected chi connectivity index (χ2v) is 6.50. The molecule has 1 atom stereocenters. The quantitative estimate of drug-likeness (QED) is 0.865. The Hall–Kier alpha value is -1.17. The fraction of sp³-hybridized carbons (Fsp3) is 0.562. The summed E-state index contributed by atoms with van der Waals surface area (Å²) in [7, 11) is -0.339. The number of hydrogen-bond donors (Lipinski definition) is 1. The minimum atomic E-state index is -0.339. The molecule has 1 aliphatic heterocycles. The smallest absolute Gasteiger partial charge is 0.400 e. The van der Waals surface area contributed by atoms with Gasteiger partial charge in [-0.15, -0.1) is 0 Å². The topological polar surface area (TPSA) is 57.4 Å². The maximum atomic E-state index is 6.13. The van der Waals surface area contributed by atoms with Gasteiger partial charge in [0.05, 0.1) is 11.2 Å². The fourth-order valence-electron chi connectivity index (χ4n) is 2.25. The Kier molecular flexibility index (Phi) is 4.56. The molecule has 114 valence electrons. The fourth-order valence-corrected chi connectivity index (χ4v) is 2.25. The Labute approximate surface area is 127 Å².